The lowest BCUT2D eigenvalue weighted by atomic mass is 9.96. The van der Waals surface area contributed by atoms with Gasteiger partial charge in [0.1, 0.15) is 0 Å². The van der Waals surface area contributed by atoms with Gasteiger partial charge in [-0.1, -0.05) is 84.9 Å². The molecule has 5 aromatic carbocycles. The Balaban J connectivity index is 0.940. The van der Waals surface area contributed by atoms with E-state index in [9.17, 15) is 0 Å². The third kappa shape index (κ3) is 7.68. The zero-order valence-corrected chi connectivity index (χ0v) is 38.1. The summed E-state index contributed by atoms with van der Waals surface area (Å²) >= 11 is 7.37. The molecule has 0 aliphatic heterocycles. The van der Waals surface area contributed by atoms with E-state index in [0.717, 1.165) is 11.3 Å². The molecule has 7 heterocycles. The van der Waals surface area contributed by atoms with Gasteiger partial charge in [-0.25, -0.2) is 0 Å². The normalized spacial score (nSPS) is 11.4. The smallest absolute Gasteiger partial charge is 0.0541 e. The van der Waals surface area contributed by atoms with Crippen molar-refractivity contribution in [3.05, 3.63) is 236 Å². The number of pyridine rings is 2. The summed E-state index contributed by atoms with van der Waals surface area (Å²) in [5, 5.41) is 2.48. The second-order valence-corrected chi connectivity index (χ2v) is 20.1. The topological polar surface area (TPSA) is 30.7 Å². The van der Waals surface area contributed by atoms with Crippen molar-refractivity contribution in [2.75, 3.05) is 0 Å². The van der Waals surface area contributed by atoms with Gasteiger partial charge in [-0.15, -0.1) is 45.3 Å². The molecule has 0 spiro atoms. The van der Waals surface area contributed by atoms with Crippen molar-refractivity contribution in [1.82, 2.24) is 14.5 Å². The van der Waals surface area contributed by atoms with E-state index in [2.05, 4.69) is 215 Å². The van der Waals surface area contributed by atoms with E-state index >= 15 is 0 Å². The average Bonchev–Trinajstić information content (AvgIpc) is 4.24. The van der Waals surface area contributed by atoms with Crippen LogP contribution >= 0.6 is 45.3 Å². The number of aromatic nitrogens is 3. The number of thiophene rings is 4. The molecule has 0 atom stereocenters. The molecular formula is C58H37N3S4. The van der Waals surface area contributed by atoms with Gasteiger partial charge in [0.25, 0.3) is 0 Å². The first-order valence-electron chi connectivity index (χ1n) is 21.4. The highest BCUT2D eigenvalue weighted by atomic mass is 32.1. The molecule has 12 rings (SSSR count). The van der Waals surface area contributed by atoms with Crippen molar-refractivity contribution in [2.24, 2.45) is 0 Å². The highest BCUT2D eigenvalue weighted by molar-refractivity contribution is 7.25. The van der Waals surface area contributed by atoms with Crippen molar-refractivity contribution in [3.63, 3.8) is 0 Å². The number of hydrogen-bond acceptors (Lipinski definition) is 6. The SMILES string of the molecule is C(=C(c1ccccc1)c1ccccc1)c1ccc(-n2c3ccc(-c4ccc(-c5ccc(-c6ccncc6)s5)s4)cc3c3cc(-c4ccc(-c5ccc(-c6ccncc6)s5)s4)ccc32)cc1. The number of nitrogens with zero attached hydrogens (tertiary/aromatic N) is 3. The fourth-order valence-corrected chi connectivity index (χ4v) is 12.8. The Morgan fingerprint density at radius 1 is 0.354 bits per heavy atom. The van der Waals surface area contributed by atoms with Crippen molar-refractivity contribution in [1.29, 1.82) is 0 Å². The minimum absolute atomic E-state index is 1.13. The minimum Gasteiger partial charge on any atom is -0.309 e. The fourth-order valence-electron chi connectivity index (χ4n) is 8.60. The van der Waals surface area contributed by atoms with Crippen LogP contribution in [0.5, 0.6) is 0 Å². The molecule has 0 bridgehead atoms. The number of fused-ring (bicyclic) bond motifs is 3. The Hall–Kier alpha value is -7.26. The summed E-state index contributed by atoms with van der Waals surface area (Å²) in [6.45, 7) is 0. The summed E-state index contributed by atoms with van der Waals surface area (Å²) < 4.78 is 2.43. The molecule has 0 unspecified atom stereocenters. The van der Waals surface area contributed by atoms with E-state index in [0.29, 0.717) is 0 Å². The molecular weight excluding hydrogens is 867 g/mol. The molecule has 0 saturated heterocycles. The monoisotopic (exact) mass is 903 g/mol. The van der Waals surface area contributed by atoms with Crippen LogP contribution in [-0.4, -0.2) is 14.5 Å². The first-order chi connectivity index (χ1) is 32.2. The third-order valence-corrected chi connectivity index (χ3v) is 16.7. The standard InChI is InChI=1S/C58H37N3S4/c1-3-7-39(8-4-1)46(40-9-5-2-6-10-40)35-38-11-15-45(16-12-38)61-49-17-13-43(53-21-25-57(64-53)55-23-19-51(62-55)41-27-31-59-32-28-41)36-47(49)48-37-44(14-18-50(48)61)54-22-26-58(65-54)56-24-20-52(63-56)42-29-33-60-34-30-42/h1-37H. The lowest BCUT2D eigenvalue weighted by molar-refractivity contribution is 1.18. The van der Waals surface area contributed by atoms with Gasteiger partial charge >= 0.3 is 0 Å². The molecule has 7 heteroatoms. The van der Waals surface area contributed by atoms with Crippen LogP contribution in [0.2, 0.25) is 0 Å². The van der Waals surface area contributed by atoms with Crippen molar-refractivity contribution < 1.29 is 0 Å². The maximum absolute atomic E-state index is 4.21. The van der Waals surface area contributed by atoms with Gasteiger partial charge in [0, 0.05) is 80.3 Å². The summed E-state index contributed by atoms with van der Waals surface area (Å²) in [4.78, 5) is 18.5. The summed E-state index contributed by atoms with van der Waals surface area (Å²) in [6, 6.07) is 70.7. The molecule has 7 aromatic heterocycles. The van der Waals surface area contributed by atoms with Gasteiger partial charge in [0.15, 0.2) is 0 Å². The summed E-state index contributed by atoms with van der Waals surface area (Å²) in [6.07, 6.45) is 9.74. The Morgan fingerprint density at radius 3 is 1.15 bits per heavy atom. The lowest BCUT2D eigenvalue weighted by Crippen LogP contribution is -1.94. The summed E-state index contributed by atoms with van der Waals surface area (Å²) in [5.74, 6) is 0. The van der Waals surface area contributed by atoms with Crippen molar-refractivity contribution in [2.45, 2.75) is 0 Å². The molecule has 0 aliphatic rings. The van der Waals surface area contributed by atoms with Crippen LogP contribution in [-0.2, 0) is 0 Å². The third-order valence-electron chi connectivity index (χ3n) is 11.8. The zero-order chi connectivity index (χ0) is 43.1. The van der Waals surface area contributed by atoms with Gasteiger partial charge < -0.3 is 4.57 Å². The van der Waals surface area contributed by atoms with Crippen LogP contribution in [0.4, 0.5) is 0 Å². The fraction of sp³-hybridized carbons (Fsp3) is 0. The van der Waals surface area contributed by atoms with Crippen LogP contribution in [0.15, 0.2) is 219 Å². The second-order valence-electron chi connectivity index (χ2n) is 15.8. The maximum Gasteiger partial charge on any atom is 0.0541 e. The quantitative estimate of drug-likeness (QED) is 0.128. The molecule has 12 aromatic rings. The number of rotatable bonds is 10. The maximum atomic E-state index is 4.21. The van der Waals surface area contributed by atoms with E-state index < -0.39 is 0 Å². The first-order valence-corrected chi connectivity index (χ1v) is 24.7. The van der Waals surface area contributed by atoms with E-state index in [1.54, 1.807) is 0 Å². The molecule has 0 aliphatic carbocycles. The molecule has 0 amide bonds. The summed E-state index contributed by atoms with van der Waals surface area (Å²) in [7, 11) is 0. The average molecular weight is 904 g/mol. The van der Waals surface area contributed by atoms with Gasteiger partial charge in [-0.2, -0.15) is 0 Å². The molecule has 0 saturated carbocycles. The Kier molecular flexibility index (Phi) is 10.3. The Bertz CT molecular complexity index is 3420. The van der Waals surface area contributed by atoms with Crippen LogP contribution in [0, 0.1) is 0 Å². The highest BCUT2D eigenvalue weighted by Gasteiger charge is 2.18. The molecule has 0 N–H and O–H groups in total. The second kappa shape index (κ2) is 17.0. The lowest BCUT2D eigenvalue weighted by Gasteiger charge is -2.11. The predicted octanol–water partition coefficient (Wildman–Crippen LogP) is 17.4. The van der Waals surface area contributed by atoms with Gasteiger partial charge in [-0.05, 0) is 160 Å². The number of hydrogen-bond donors (Lipinski definition) is 0. The molecule has 65 heavy (non-hydrogen) atoms. The Morgan fingerprint density at radius 2 is 0.738 bits per heavy atom. The van der Waals surface area contributed by atoms with Crippen LogP contribution in [0.3, 0.4) is 0 Å². The van der Waals surface area contributed by atoms with Crippen molar-refractivity contribution >= 4 is 78.8 Å². The van der Waals surface area contributed by atoms with Gasteiger partial charge in [0.05, 0.1) is 11.0 Å². The minimum atomic E-state index is 1.13. The van der Waals surface area contributed by atoms with E-state index in [-0.39, 0.29) is 0 Å². The zero-order valence-electron chi connectivity index (χ0n) is 34.8. The van der Waals surface area contributed by atoms with Crippen LogP contribution in [0.1, 0.15) is 16.7 Å². The molecule has 0 radical (unpaired) electrons. The largest absolute Gasteiger partial charge is 0.309 e. The first kappa shape index (κ1) is 39.3. The van der Waals surface area contributed by atoms with E-state index in [4.69, 9.17) is 0 Å². The number of benzene rings is 5. The van der Waals surface area contributed by atoms with Crippen molar-refractivity contribution in [3.8, 4) is 67.0 Å². The molecule has 308 valence electrons. The predicted molar refractivity (Wildman–Crippen MR) is 280 cm³/mol. The van der Waals surface area contributed by atoms with E-state index in [1.807, 2.05) is 70.1 Å². The van der Waals surface area contributed by atoms with Crippen LogP contribution < -0.4 is 0 Å². The van der Waals surface area contributed by atoms with Crippen LogP contribution in [0.25, 0.3) is 100 Å². The molecule has 0 fully saturated rings. The van der Waals surface area contributed by atoms with Gasteiger partial charge in [0.2, 0.25) is 0 Å². The highest BCUT2D eigenvalue weighted by Crippen LogP contribution is 2.45. The summed E-state index contributed by atoms with van der Waals surface area (Å²) in [5.41, 5.74) is 13.1. The van der Waals surface area contributed by atoms with E-state index in [1.165, 1.54) is 99.8 Å². The Labute approximate surface area is 393 Å². The van der Waals surface area contributed by atoms with Gasteiger partial charge in [-0.3, -0.25) is 9.97 Å². The molecule has 3 nitrogen and oxygen atoms in total.